The summed E-state index contributed by atoms with van der Waals surface area (Å²) in [6.07, 6.45) is 4.40. The molecule has 1 N–H and O–H groups in total. The largest absolute Gasteiger partial charge is 0.393 e. The smallest absolute Gasteiger partial charge is 0.147 e. The molecule has 0 saturated heterocycles. The van der Waals surface area contributed by atoms with Crippen LogP contribution in [0.3, 0.4) is 0 Å². The zero-order valence-electron chi connectivity index (χ0n) is 11.2. The second-order valence-corrected chi connectivity index (χ2v) is 5.81. The highest BCUT2D eigenvalue weighted by Crippen LogP contribution is 2.43. The number of fused-ring (bicyclic) bond motifs is 2. The van der Waals surface area contributed by atoms with E-state index in [1.807, 2.05) is 18.2 Å². The van der Waals surface area contributed by atoms with Crippen LogP contribution in [0.5, 0.6) is 0 Å². The third-order valence-electron chi connectivity index (χ3n) is 4.44. The molecule has 19 heavy (non-hydrogen) atoms. The molecule has 2 aliphatic rings. The van der Waals surface area contributed by atoms with Gasteiger partial charge in [-0.15, -0.1) is 0 Å². The highest BCUT2D eigenvalue weighted by molar-refractivity contribution is 5.13. The molecule has 0 amide bonds. The van der Waals surface area contributed by atoms with Crippen molar-refractivity contribution >= 4 is 0 Å². The maximum absolute atomic E-state index is 9.74. The number of ether oxygens (including phenoxy) is 2. The number of rotatable bonds is 5. The second-order valence-electron chi connectivity index (χ2n) is 5.81. The number of aliphatic hydroxyl groups excluding tert-OH is 1. The van der Waals surface area contributed by atoms with Gasteiger partial charge in [-0.25, -0.2) is 0 Å². The monoisotopic (exact) mass is 262 g/mol. The van der Waals surface area contributed by atoms with Gasteiger partial charge in [0.15, 0.2) is 0 Å². The average molecular weight is 262 g/mol. The van der Waals surface area contributed by atoms with Gasteiger partial charge < -0.3 is 14.6 Å². The zero-order chi connectivity index (χ0) is 13.1. The van der Waals surface area contributed by atoms with Gasteiger partial charge in [-0.2, -0.15) is 0 Å². The van der Waals surface area contributed by atoms with Crippen molar-refractivity contribution in [3.8, 4) is 0 Å². The van der Waals surface area contributed by atoms with E-state index in [1.54, 1.807) is 0 Å². The summed E-state index contributed by atoms with van der Waals surface area (Å²) >= 11 is 0. The Labute approximate surface area is 114 Å². The van der Waals surface area contributed by atoms with Gasteiger partial charge in [0.25, 0.3) is 0 Å². The Morgan fingerprint density at radius 1 is 1.05 bits per heavy atom. The lowest BCUT2D eigenvalue weighted by molar-refractivity contribution is -0.135. The average Bonchev–Trinajstić information content (AvgIpc) is 2.67. The molecule has 0 heterocycles. The first-order chi connectivity index (χ1) is 9.33. The fraction of sp³-hybridized carbons (Fsp3) is 0.625. The van der Waals surface area contributed by atoms with Crippen molar-refractivity contribution in [2.24, 2.45) is 11.8 Å². The molecule has 104 valence electrons. The Hall–Kier alpha value is -0.900. The Bertz CT molecular complexity index is 378. The molecule has 1 aromatic rings. The molecule has 2 aliphatic carbocycles. The van der Waals surface area contributed by atoms with Crippen molar-refractivity contribution in [2.45, 2.75) is 44.5 Å². The Morgan fingerprint density at radius 2 is 1.74 bits per heavy atom. The van der Waals surface area contributed by atoms with Crippen molar-refractivity contribution in [1.29, 1.82) is 0 Å². The summed E-state index contributed by atoms with van der Waals surface area (Å²) in [4.78, 5) is 0. The molecule has 2 fully saturated rings. The van der Waals surface area contributed by atoms with Crippen LogP contribution in [-0.2, 0) is 16.1 Å². The van der Waals surface area contributed by atoms with Crippen LogP contribution in [0.15, 0.2) is 30.3 Å². The van der Waals surface area contributed by atoms with Gasteiger partial charge in [0.2, 0.25) is 0 Å². The third kappa shape index (κ3) is 3.16. The summed E-state index contributed by atoms with van der Waals surface area (Å²) in [5, 5.41) is 9.74. The first-order valence-corrected chi connectivity index (χ1v) is 7.24. The van der Waals surface area contributed by atoms with Crippen LogP contribution >= 0.6 is 0 Å². The Morgan fingerprint density at radius 3 is 2.42 bits per heavy atom. The van der Waals surface area contributed by atoms with Crippen molar-refractivity contribution in [2.75, 3.05) is 6.79 Å². The van der Waals surface area contributed by atoms with E-state index >= 15 is 0 Å². The topological polar surface area (TPSA) is 38.7 Å². The minimum Gasteiger partial charge on any atom is -0.393 e. The van der Waals surface area contributed by atoms with Crippen LogP contribution in [-0.4, -0.2) is 24.1 Å². The predicted octanol–water partition coefficient (Wildman–Crippen LogP) is 2.73. The summed E-state index contributed by atoms with van der Waals surface area (Å²) in [5.74, 6) is 1.07. The summed E-state index contributed by atoms with van der Waals surface area (Å²) < 4.78 is 11.5. The predicted molar refractivity (Wildman–Crippen MR) is 72.4 cm³/mol. The molecule has 2 saturated carbocycles. The standard InChI is InChI=1S/C16H22O3/c17-15-8-13-6-7-14(9-15)16(13)19-11-18-10-12-4-2-1-3-5-12/h1-5,13-17H,6-11H2/t13-,14+,15+,16+. The normalized spacial score (nSPS) is 33.5. The minimum absolute atomic E-state index is 0.109. The quantitative estimate of drug-likeness (QED) is 0.655. The van der Waals surface area contributed by atoms with E-state index in [0.29, 0.717) is 31.3 Å². The van der Waals surface area contributed by atoms with Crippen molar-refractivity contribution in [3.63, 3.8) is 0 Å². The first-order valence-electron chi connectivity index (χ1n) is 7.24. The summed E-state index contributed by atoms with van der Waals surface area (Å²) in [6.45, 7) is 0.966. The van der Waals surface area contributed by atoms with Crippen LogP contribution < -0.4 is 0 Å². The number of hydrogen-bond acceptors (Lipinski definition) is 3. The Balaban J connectivity index is 1.41. The Kier molecular flexibility index (Phi) is 4.16. The van der Waals surface area contributed by atoms with E-state index in [-0.39, 0.29) is 6.10 Å². The molecular formula is C16H22O3. The molecule has 0 radical (unpaired) electrons. The van der Waals surface area contributed by atoms with E-state index in [9.17, 15) is 5.11 Å². The van der Waals surface area contributed by atoms with Gasteiger partial charge in [0, 0.05) is 0 Å². The molecule has 1 aromatic carbocycles. The molecule has 2 bridgehead atoms. The maximum Gasteiger partial charge on any atom is 0.147 e. The lowest BCUT2D eigenvalue weighted by atomic mass is 9.84. The zero-order valence-corrected chi connectivity index (χ0v) is 11.2. The minimum atomic E-state index is -0.109. The van der Waals surface area contributed by atoms with Crippen LogP contribution in [0.1, 0.15) is 31.2 Å². The molecular weight excluding hydrogens is 240 g/mol. The molecule has 3 heteroatoms. The van der Waals surface area contributed by atoms with E-state index in [1.165, 1.54) is 18.4 Å². The summed E-state index contributed by atoms with van der Waals surface area (Å²) in [7, 11) is 0. The maximum atomic E-state index is 9.74. The van der Waals surface area contributed by atoms with Gasteiger partial charge in [0.05, 0.1) is 18.8 Å². The van der Waals surface area contributed by atoms with Gasteiger partial charge in [-0.05, 0) is 43.1 Å². The van der Waals surface area contributed by atoms with E-state index in [0.717, 1.165) is 12.8 Å². The molecule has 0 unspecified atom stereocenters. The SMILES string of the molecule is O[C@H]1C[C@H]2CC[C@@H](C1)[C@H]2OCOCc1ccccc1. The molecule has 0 spiro atoms. The van der Waals surface area contributed by atoms with Crippen molar-refractivity contribution in [3.05, 3.63) is 35.9 Å². The highest BCUT2D eigenvalue weighted by atomic mass is 16.7. The van der Waals surface area contributed by atoms with Gasteiger partial charge in [0.1, 0.15) is 6.79 Å². The van der Waals surface area contributed by atoms with Crippen molar-refractivity contribution < 1.29 is 14.6 Å². The molecule has 0 aliphatic heterocycles. The fourth-order valence-electron chi connectivity index (χ4n) is 3.57. The number of aliphatic hydroxyl groups is 1. The second kappa shape index (κ2) is 6.04. The van der Waals surface area contributed by atoms with Gasteiger partial charge in [-0.1, -0.05) is 30.3 Å². The van der Waals surface area contributed by atoms with E-state index in [4.69, 9.17) is 9.47 Å². The lowest BCUT2D eigenvalue weighted by Gasteiger charge is -2.32. The van der Waals surface area contributed by atoms with Gasteiger partial charge >= 0.3 is 0 Å². The summed E-state index contributed by atoms with van der Waals surface area (Å²) in [6, 6.07) is 10.1. The summed E-state index contributed by atoms with van der Waals surface area (Å²) in [5.41, 5.74) is 1.17. The molecule has 3 rings (SSSR count). The van der Waals surface area contributed by atoms with Crippen LogP contribution in [0.2, 0.25) is 0 Å². The fourth-order valence-corrected chi connectivity index (χ4v) is 3.57. The third-order valence-corrected chi connectivity index (χ3v) is 4.44. The molecule has 3 nitrogen and oxygen atoms in total. The molecule has 4 atom stereocenters. The lowest BCUT2D eigenvalue weighted by Crippen LogP contribution is -2.35. The van der Waals surface area contributed by atoms with Crippen LogP contribution in [0.25, 0.3) is 0 Å². The van der Waals surface area contributed by atoms with E-state index < -0.39 is 0 Å². The van der Waals surface area contributed by atoms with Crippen LogP contribution in [0, 0.1) is 11.8 Å². The number of hydrogen-bond donors (Lipinski definition) is 1. The van der Waals surface area contributed by atoms with Gasteiger partial charge in [-0.3, -0.25) is 0 Å². The first kappa shape index (κ1) is 13.1. The van der Waals surface area contributed by atoms with Crippen LogP contribution in [0.4, 0.5) is 0 Å². The number of benzene rings is 1. The van der Waals surface area contributed by atoms with E-state index in [2.05, 4.69) is 12.1 Å². The molecule has 0 aromatic heterocycles. The van der Waals surface area contributed by atoms with Crippen molar-refractivity contribution in [1.82, 2.24) is 0 Å². The highest BCUT2D eigenvalue weighted by Gasteiger charge is 2.42.